The van der Waals surface area contributed by atoms with E-state index in [2.05, 4.69) is 31.1 Å². The van der Waals surface area contributed by atoms with E-state index in [0.717, 1.165) is 11.6 Å². The number of aromatic nitrogens is 1. The highest BCUT2D eigenvalue weighted by molar-refractivity contribution is 7.16. The molecule has 1 heterocycles. The molecule has 0 amide bonds. The number of rotatable bonds is 5. The van der Waals surface area contributed by atoms with E-state index >= 15 is 0 Å². The molecule has 0 saturated carbocycles. The standard InChI is InChI=1S/C11H16ClN3S/c1-4-7(2)5-8(3)14-11-15-10(12)9(6-13)16-11/h7-8H,4-5H2,1-3H3,(H,14,15). The Morgan fingerprint density at radius 2 is 2.25 bits per heavy atom. The van der Waals surface area contributed by atoms with Crippen LogP contribution in [0, 0.1) is 17.2 Å². The van der Waals surface area contributed by atoms with Crippen molar-refractivity contribution >= 4 is 28.1 Å². The van der Waals surface area contributed by atoms with E-state index < -0.39 is 0 Å². The Morgan fingerprint density at radius 3 is 2.75 bits per heavy atom. The van der Waals surface area contributed by atoms with Crippen molar-refractivity contribution in [2.45, 2.75) is 39.7 Å². The molecule has 1 aromatic rings. The number of nitrogens with one attached hydrogen (secondary N) is 1. The molecule has 16 heavy (non-hydrogen) atoms. The van der Waals surface area contributed by atoms with Crippen LogP contribution in [0.25, 0.3) is 0 Å². The molecule has 1 aromatic heterocycles. The molecule has 2 unspecified atom stereocenters. The van der Waals surface area contributed by atoms with Crippen LogP contribution in [0.2, 0.25) is 5.15 Å². The van der Waals surface area contributed by atoms with Gasteiger partial charge in [0.1, 0.15) is 10.9 Å². The van der Waals surface area contributed by atoms with Crippen LogP contribution in [0.5, 0.6) is 0 Å². The Hall–Kier alpha value is -0.790. The number of hydrogen-bond donors (Lipinski definition) is 1. The molecule has 0 saturated heterocycles. The second-order valence-electron chi connectivity index (χ2n) is 4.05. The predicted octanol–water partition coefficient (Wildman–Crippen LogP) is 3.90. The van der Waals surface area contributed by atoms with Gasteiger partial charge in [-0.25, -0.2) is 4.98 Å². The van der Waals surface area contributed by atoms with Crippen LogP contribution in [0.15, 0.2) is 0 Å². The summed E-state index contributed by atoms with van der Waals surface area (Å²) in [6, 6.07) is 2.38. The minimum Gasteiger partial charge on any atom is -0.359 e. The maximum atomic E-state index is 8.76. The third-order valence-corrected chi connectivity index (χ3v) is 3.79. The highest BCUT2D eigenvalue weighted by atomic mass is 35.5. The summed E-state index contributed by atoms with van der Waals surface area (Å²) in [6.07, 6.45) is 2.27. The molecule has 5 heteroatoms. The van der Waals surface area contributed by atoms with Gasteiger partial charge in [-0.1, -0.05) is 43.2 Å². The zero-order valence-corrected chi connectivity index (χ0v) is 11.3. The summed E-state index contributed by atoms with van der Waals surface area (Å²) in [5.41, 5.74) is 0. The summed E-state index contributed by atoms with van der Waals surface area (Å²) < 4.78 is 0. The van der Waals surface area contributed by atoms with E-state index in [1.165, 1.54) is 17.8 Å². The lowest BCUT2D eigenvalue weighted by molar-refractivity contribution is 0.483. The van der Waals surface area contributed by atoms with Gasteiger partial charge in [0.2, 0.25) is 0 Å². The Kier molecular flexibility index (Phi) is 5.04. The average molecular weight is 258 g/mol. The third-order valence-electron chi connectivity index (χ3n) is 2.51. The summed E-state index contributed by atoms with van der Waals surface area (Å²) in [6.45, 7) is 6.53. The Morgan fingerprint density at radius 1 is 1.56 bits per heavy atom. The molecule has 0 aromatic carbocycles. The van der Waals surface area contributed by atoms with Gasteiger partial charge >= 0.3 is 0 Å². The smallest absolute Gasteiger partial charge is 0.185 e. The monoisotopic (exact) mass is 257 g/mol. The lowest BCUT2D eigenvalue weighted by Gasteiger charge is -2.16. The fourth-order valence-corrected chi connectivity index (χ4v) is 2.53. The van der Waals surface area contributed by atoms with Crippen molar-refractivity contribution in [3.05, 3.63) is 10.0 Å². The summed E-state index contributed by atoms with van der Waals surface area (Å²) in [5, 5.41) is 13.1. The van der Waals surface area contributed by atoms with Crippen molar-refractivity contribution in [1.29, 1.82) is 5.26 Å². The van der Waals surface area contributed by atoms with E-state index in [9.17, 15) is 0 Å². The largest absolute Gasteiger partial charge is 0.359 e. The number of thiazole rings is 1. The average Bonchev–Trinajstić information content (AvgIpc) is 2.58. The van der Waals surface area contributed by atoms with E-state index in [1.54, 1.807) is 0 Å². The molecule has 0 aliphatic heterocycles. The fraction of sp³-hybridized carbons (Fsp3) is 0.636. The van der Waals surface area contributed by atoms with Crippen molar-refractivity contribution in [2.75, 3.05) is 5.32 Å². The molecule has 3 nitrogen and oxygen atoms in total. The summed E-state index contributed by atoms with van der Waals surface area (Å²) in [7, 11) is 0. The van der Waals surface area contributed by atoms with Gasteiger partial charge in [0.25, 0.3) is 0 Å². The highest BCUT2D eigenvalue weighted by Crippen LogP contribution is 2.27. The zero-order chi connectivity index (χ0) is 12.1. The van der Waals surface area contributed by atoms with Crippen molar-refractivity contribution in [3.63, 3.8) is 0 Å². The fourth-order valence-electron chi connectivity index (χ4n) is 1.47. The Bertz CT molecular complexity index is 383. The highest BCUT2D eigenvalue weighted by Gasteiger charge is 2.12. The van der Waals surface area contributed by atoms with Gasteiger partial charge in [-0.3, -0.25) is 0 Å². The number of nitriles is 1. The molecule has 0 aliphatic rings. The van der Waals surface area contributed by atoms with Crippen LogP contribution in [-0.2, 0) is 0 Å². The van der Waals surface area contributed by atoms with E-state index in [1.807, 2.05) is 6.07 Å². The molecule has 88 valence electrons. The third kappa shape index (κ3) is 3.66. The molecular formula is C11H16ClN3S. The van der Waals surface area contributed by atoms with Gasteiger partial charge in [-0.05, 0) is 19.3 Å². The number of anilines is 1. The van der Waals surface area contributed by atoms with Gasteiger partial charge in [-0.2, -0.15) is 5.26 Å². The van der Waals surface area contributed by atoms with Crippen molar-refractivity contribution in [2.24, 2.45) is 5.92 Å². The maximum absolute atomic E-state index is 8.76. The lowest BCUT2D eigenvalue weighted by Crippen LogP contribution is -2.17. The second-order valence-corrected chi connectivity index (χ2v) is 5.40. The van der Waals surface area contributed by atoms with Gasteiger partial charge in [0, 0.05) is 6.04 Å². The molecule has 1 rings (SSSR count). The number of nitrogens with zero attached hydrogens (tertiary/aromatic N) is 2. The summed E-state index contributed by atoms with van der Waals surface area (Å²) >= 11 is 7.11. The first-order chi connectivity index (χ1) is 7.56. The van der Waals surface area contributed by atoms with Crippen molar-refractivity contribution < 1.29 is 0 Å². The predicted molar refractivity (Wildman–Crippen MR) is 69.0 cm³/mol. The van der Waals surface area contributed by atoms with E-state index in [0.29, 0.717) is 22.0 Å². The molecule has 1 N–H and O–H groups in total. The zero-order valence-electron chi connectivity index (χ0n) is 9.75. The van der Waals surface area contributed by atoms with Crippen LogP contribution in [0.3, 0.4) is 0 Å². The molecule has 2 atom stereocenters. The Balaban J connectivity index is 2.56. The minimum absolute atomic E-state index is 0.297. The molecule has 0 bridgehead atoms. The van der Waals surface area contributed by atoms with Crippen LogP contribution in [-0.4, -0.2) is 11.0 Å². The second kappa shape index (κ2) is 6.07. The van der Waals surface area contributed by atoms with Crippen LogP contribution in [0.1, 0.15) is 38.5 Å². The van der Waals surface area contributed by atoms with E-state index in [-0.39, 0.29) is 0 Å². The van der Waals surface area contributed by atoms with Crippen molar-refractivity contribution in [3.8, 4) is 6.07 Å². The minimum atomic E-state index is 0.297. The SMILES string of the molecule is CCC(C)CC(C)Nc1nc(Cl)c(C#N)s1. The topological polar surface area (TPSA) is 48.7 Å². The number of halogens is 1. The molecular weight excluding hydrogens is 242 g/mol. The summed E-state index contributed by atoms with van der Waals surface area (Å²) in [5.74, 6) is 0.688. The first-order valence-electron chi connectivity index (χ1n) is 5.39. The quantitative estimate of drug-likeness (QED) is 0.870. The van der Waals surface area contributed by atoms with Crippen LogP contribution >= 0.6 is 22.9 Å². The lowest BCUT2D eigenvalue weighted by atomic mass is 10.0. The van der Waals surface area contributed by atoms with Crippen LogP contribution in [0.4, 0.5) is 5.13 Å². The first-order valence-corrected chi connectivity index (χ1v) is 6.59. The normalized spacial score (nSPS) is 14.2. The maximum Gasteiger partial charge on any atom is 0.185 e. The van der Waals surface area contributed by atoms with Gasteiger partial charge in [0.15, 0.2) is 10.3 Å². The Labute approximate surface area is 105 Å². The van der Waals surface area contributed by atoms with Crippen LogP contribution < -0.4 is 5.32 Å². The van der Waals surface area contributed by atoms with E-state index in [4.69, 9.17) is 16.9 Å². The van der Waals surface area contributed by atoms with Crippen molar-refractivity contribution in [1.82, 2.24) is 4.98 Å². The van der Waals surface area contributed by atoms with Gasteiger partial charge in [0.05, 0.1) is 0 Å². The molecule has 0 spiro atoms. The molecule has 0 radical (unpaired) electrons. The molecule has 0 fully saturated rings. The van der Waals surface area contributed by atoms with Gasteiger partial charge in [-0.15, -0.1) is 0 Å². The summed E-state index contributed by atoms with van der Waals surface area (Å²) in [4.78, 5) is 4.58. The first kappa shape index (κ1) is 13.3. The number of hydrogen-bond acceptors (Lipinski definition) is 4. The van der Waals surface area contributed by atoms with Gasteiger partial charge < -0.3 is 5.32 Å². The molecule has 0 aliphatic carbocycles.